The molecule has 0 aromatic rings. The monoisotopic (exact) mass is 303 g/mol. The molecule has 0 unspecified atom stereocenters. The van der Waals surface area contributed by atoms with Gasteiger partial charge in [-0.05, 0) is 13.3 Å². The van der Waals surface area contributed by atoms with Gasteiger partial charge in [0.2, 0.25) is 6.08 Å². The molecule has 0 rings (SSSR count). The van der Waals surface area contributed by atoms with Gasteiger partial charge in [0, 0.05) is 0 Å². The number of carbonyl (C=O) groups is 1. The van der Waals surface area contributed by atoms with Crippen molar-refractivity contribution < 1.29 is 24.9 Å². The quantitative estimate of drug-likeness (QED) is 0.308. The van der Waals surface area contributed by atoms with Crippen LogP contribution in [0, 0.1) is 5.41 Å². The molecule has 0 saturated heterocycles. The molecule has 0 aliphatic rings. The van der Waals surface area contributed by atoms with E-state index in [1.807, 2.05) is 0 Å². The van der Waals surface area contributed by atoms with Crippen LogP contribution in [-0.2, 0) is 9.59 Å². The van der Waals surface area contributed by atoms with Gasteiger partial charge in [0.1, 0.15) is 5.41 Å². The van der Waals surface area contributed by atoms with Crippen molar-refractivity contribution >= 4 is 12.0 Å². The largest absolute Gasteiger partial charge is 0.481 e. The smallest absolute Gasteiger partial charge is 0.314 e. The number of nitrogens with zero attached hydrogens (tertiary/aromatic N) is 1. The van der Waals surface area contributed by atoms with Crippen LogP contribution in [0.4, 0.5) is 0 Å². The first kappa shape index (κ1) is 22.1. The second-order valence-electron chi connectivity index (χ2n) is 5.28. The van der Waals surface area contributed by atoms with Crippen LogP contribution in [0.15, 0.2) is 4.99 Å². The zero-order valence-electron chi connectivity index (χ0n) is 13.2. The van der Waals surface area contributed by atoms with Crippen LogP contribution in [0.1, 0.15) is 58.8 Å². The Balaban J connectivity index is 0. The van der Waals surface area contributed by atoms with Crippen molar-refractivity contribution in [3.05, 3.63) is 0 Å². The highest BCUT2D eigenvalue weighted by molar-refractivity contribution is 5.74. The maximum absolute atomic E-state index is 10.2. The summed E-state index contributed by atoms with van der Waals surface area (Å²) < 4.78 is 0. The number of rotatable bonds is 11. The third-order valence-electron chi connectivity index (χ3n) is 3.15. The van der Waals surface area contributed by atoms with Crippen LogP contribution in [0.2, 0.25) is 0 Å². The minimum atomic E-state index is -1.39. The zero-order valence-corrected chi connectivity index (χ0v) is 13.2. The number of aliphatic hydroxyl groups is 2. The van der Waals surface area contributed by atoms with E-state index in [2.05, 4.69) is 11.9 Å². The Labute approximate surface area is 126 Å². The molecule has 0 spiro atoms. The van der Waals surface area contributed by atoms with Crippen molar-refractivity contribution in [3.8, 4) is 0 Å². The van der Waals surface area contributed by atoms with E-state index in [1.54, 1.807) is 6.08 Å². The molecular formula is C15H29NO5. The van der Waals surface area contributed by atoms with Gasteiger partial charge < -0.3 is 15.3 Å². The van der Waals surface area contributed by atoms with E-state index in [0.717, 1.165) is 6.42 Å². The molecule has 3 N–H and O–H groups in total. The number of isocyanates is 1. The maximum Gasteiger partial charge on any atom is 0.314 e. The number of hydrogen-bond acceptors (Lipinski definition) is 5. The highest BCUT2D eigenvalue weighted by atomic mass is 16.4. The van der Waals surface area contributed by atoms with Crippen molar-refractivity contribution in [2.24, 2.45) is 10.4 Å². The molecule has 0 amide bonds. The van der Waals surface area contributed by atoms with Crippen LogP contribution >= 0.6 is 0 Å². The third kappa shape index (κ3) is 13.5. The summed E-state index contributed by atoms with van der Waals surface area (Å²) in [5.41, 5.74) is -1.39. The second-order valence-corrected chi connectivity index (χ2v) is 5.28. The summed E-state index contributed by atoms with van der Waals surface area (Å²) in [6.07, 6.45) is 10.4. The first-order chi connectivity index (χ1) is 9.98. The number of aliphatic carboxylic acids is 1. The number of carbonyl (C=O) groups excluding carboxylic acids is 1. The predicted octanol–water partition coefficient (Wildman–Crippen LogP) is 2.13. The molecule has 0 atom stereocenters. The number of aliphatic hydroxyl groups excluding tert-OH is 2. The topological polar surface area (TPSA) is 107 Å². The van der Waals surface area contributed by atoms with Gasteiger partial charge in [-0.25, -0.2) is 9.79 Å². The Morgan fingerprint density at radius 3 is 1.86 bits per heavy atom. The minimum Gasteiger partial charge on any atom is -0.481 e. The molecule has 0 heterocycles. The van der Waals surface area contributed by atoms with E-state index in [1.165, 1.54) is 45.4 Å². The minimum absolute atomic E-state index is 0.543. The lowest BCUT2D eigenvalue weighted by Gasteiger charge is -2.17. The van der Waals surface area contributed by atoms with Crippen LogP contribution in [0.3, 0.4) is 0 Å². The maximum atomic E-state index is 10.2. The van der Waals surface area contributed by atoms with Crippen LogP contribution in [0.25, 0.3) is 0 Å². The summed E-state index contributed by atoms with van der Waals surface area (Å²) in [5.74, 6) is -1.19. The van der Waals surface area contributed by atoms with Gasteiger partial charge in [-0.1, -0.05) is 45.4 Å². The van der Waals surface area contributed by atoms with Gasteiger partial charge in [-0.3, -0.25) is 4.79 Å². The molecule has 124 valence electrons. The molecule has 21 heavy (non-hydrogen) atoms. The summed E-state index contributed by atoms with van der Waals surface area (Å²) >= 11 is 0. The molecule has 0 bridgehead atoms. The second kappa shape index (κ2) is 15.2. The number of carboxylic acid groups (broad SMARTS) is 1. The normalized spacial score (nSPS) is 10.3. The molecule has 6 nitrogen and oxygen atoms in total. The van der Waals surface area contributed by atoms with E-state index < -0.39 is 24.6 Å². The van der Waals surface area contributed by atoms with Crippen LogP contribution in [0.5, 0.6) is 0 Å². The lowest BCUT2D eigenvalue weighted by molar-refractivity contribution is -0.152. The zero-order chi connectivity index (χ0) is 16.6. The van der Waals surface area contributed by atoms with E-state index in [9.17, 15) is 9.59 Å². The van der Waals surface area contributed by atoms with Crippen molar-refractivity contribution in [1.29, 1.82) is 0 Å². The summed E-state index contributed by atoms with van der Waals surface area (Å²) in [5, 5.41) is 25.1. The van der Waals surface area contributed by atoms with Crippen molar-refractivity contribution in [1.82, 2.24) is 0 Å². The van der Waals surface area contributed by atoms with Crippen molar-refractivity contribution in [3.63, 3.8) is 0 Å². The molecule has 0 aliphatic carbocycles. The number of unbranched alkanes of at least 4 members (excludes halogenated alkanes) is 6. The van der Waals surface area contributed by atoms with Crippen LogP contribution in [-0.4, -0.2) is 47.1 Å². The summed E-state index contributed by atoms with van der Waals surface area (Å²) in [7, 11) is 0. The van der Waals surface area contributed by atoms with Gasteiger partial charge in [-0.2, -0.15) is 0 Å². The fraction of sp³-hybridized carbons (Fsp3) is 0.867. The average Bonchev–Trinajstić information content (AvgIpc) is 2.49. The highest BCUT2D eigenvalue weighted by Gasteiger charge is 2.31. The molecule has 0 aromatic heterocycles. The fourth-order valence-electron chi connectivity index (χ4n) is 1.38. The lowest BCUT2D eigenvalue weighted by atomic mass is 9.94. The highest BCUT2D eigenvalue weighted by Crippen LogP contribution is 2.13. The van der Waals surface area contributed by atoms with Gasteiger partial charge >= 0.3 is 5.97 Å². The predicted molar refractivity (Wildman–Crippen MR) is 80.9 cm³/mol. The summed E-state index contributed by atoms with van der Waals surface area (Å²) in [6.45, 7) is 3.07. The van der Waals surface area contributed by atoms with E-state index in [0.29, 0.717) is 6.54 Å². The first-order valence-corrected chi connectivity index (χ1v) is 7.47. The molecule has 0 aromatic carbocycles. The van der Waals surface area contributed by atoms with Gasteiger partial charge in [0.25, 0.3) is 0 Å². The molecular weight excluding hydrogens is 274 g/mol. The lowest BCUT2D eigenvalue weighted by Crippen LogP contribution is -2.35. The average molecular weight is 303 g/mol. The molecule has 0 aliphatic heterocycles. The van der Waals surface area contributed by atoms with E-state index in [-0.39, 0.29) is 0 Å². The molecule has 6 heteroatoms. The summed E-state index contributed by atoms with van der Waals surface area (Å²) in [4.78, 5) is 23.4. The van der Waals surface area contributed by atoms with Crippen molar-refractivity contribution in [2.75, 3.05) is 19.8 Å². The first-order valence-electron chi connectivity index (χ1n) is 7.47. The summed E-state index contributed by atoms with van der Waals surface area (Å²) in [6, 6.07) is 0. The number of hydrogen-bond donors (Lipinski definition) is 3. The van der Waals surface area contributed by atoms with Gasteiger partial charge in [0.05, 0.1) is 19.8 Å². The standard InChI is InChI=1S/C10H19NO.C5H10O4/c1-2-3-4-5-6-7-8-9-11-10-12;1-5(2-6,3-7)4(8)9/h2-9H2,1H3;6-7H,2-3H2,1H3,(H,8,9). The molecule has 0 radical (unpaired) electrons. The fourth-order valence-corrected chi connectivity index (χ4v) is 1.38. The van der Waals surface area contributed by atoms with E-state index >= 15 is 0 Å². The van der Waals surface area contributed by atoms with Crippen molar-refractivity contribution in [2.45, 2.75) is 58.8 Å². The number of carboxylic acids is 1. The Hall–Kier alpha value is -1.23. The molecule has 0 saturated carbocycles. The Bertz CT molecular complexity index is 296. The Morgan fingerprint density at radius 1 is 1.05 bits per heavy atom. The third-order valence-corrected chi connectivity index (χ3v) is 3.15. The Kier molecular flexibility index (Phi) is 15.9. The molecule has 0 fully saturated rings. The van der Waals surface area contributed by atoms with E-state index in [4.69, 9.17) is 15.3 Å². The SMILES string of the molecule is CC(CO)(CO)C(=O)O.CCCCCCCCCN=C=O. The van der Waals surface area contributed by atoms with Crippen LogP contribution < -0.4 is 0 Å². The van der Waals surface area contributed by atoms with Gasteiger partial charge in [0.15, 0.2) is 0 Å². The number of aliphatic imine (C=N–C) groups is 1. The van der Waals surface area contributed by atoms with Gasteiger partial charge in [-0.15, -0.1) is 0 Å². The Morgan fingerprint density at radius 2 is 1.52 bits per heavy atom.